The summed E-state index contributed by atoms with van der Waals surface area (Å²) in [5, 5.41) is 11.9. The lowest BCUT2D eigenvalue weighted by Crippen LogP contribution is -2.00. The summed E-state index contributed by atoms with van der Waals surface area (Å²) in [4.78, 5) is 8.29. The van der Waals surface area contributed by atoms with E-state index in [0.29, 0.717) is 11.6 Å². The topological polar surface area (TPSA) is 61.6 Å². The molecule has 2 aromatic rings. The van der Waals surface area contributed by atoms with E-state index in [4.69, 9.17) is 5.26 Å². The fourth-order valence-electron chi connectivity index (χ4n) is 1.34. The number of hydrogen-bond donors (Lipinski definition) is 1. The number of hydrogen-bond acceptors (Lipinski definition) is 4. The first kappa shape index (κ1) is 11.6. The summed E-state index contributed by atoms with van der Waals surface area (Å²) in [6.45, 7) is 1.83. The highest BCUT2D eigenvalue weighted by molar-refractivity contribution is 9.10. The van der Waals surface area contributed by atoms with Gasteiger partial charge in [0.15, 0.2) is 0 Å². The molecule has 0 saturated heterocycles. The molecule has 84 valence electrons. The molecule has 0 saturated carbocycles. The van der Waals surface area contributed by atoms with Gasteiger partial charge in [0.2, 0.25) is 5.95 Å². The fraction of sp³-hybridized carbons (Fsp3) is 0.0833. The van der Waals surface area contributed by atoms with E-state index in [1.165, 1.54) is 0 Å². The molecular weight excluding hydrogens is 280 g/mol. The number of anilines is 2. The van der Waals surface area contributed by atoms with Crippen molar-refractivity contribution in [1.82, 2.24) is 9.97 Å². The number of nitrogens with one attached hydrogen (secondary N) is 1. The summed E-state index contributed by atoms with van der Waals surface area (Å²) in [5.74, 6) is 0.434. The van der Waals surface area contributed by atoms with E-state index in [0.717, 1.165) is 15.9 Å². The van der Waals surface area contributed by atoms with E-state index in [2.05, 4.69) is 31.2 Å². The molecule has 0 bridgehead atoms. The molecule has 0 fully saturated rings. The minimum absolute atomic E-state index is 0.358. The average molecular weight is 289 g/mol. The van der Waals surface area contributed by atoms with Crippen molar-refractivity contribution in [2.75, 3.05) is 5.32 Å². The number of benzene rings is 1. The normalized spacial score (nSPS) is 9.71. The van der Waals surface area contributed by atoms with E-state index in [-0.39, 0.29) is 0 Å². The predicted octanol–water partition coefficient (Wildman–Crippen LogP) is 3.16. The van der Waals surface area contributed by atoms with E-state index in [1.807, 2.05) is 37.3 Å². The third kappa shape index (κ3) is 3.02. The van der Waals surface area contributed by atoms with Crippen LogP contribution >= 0.6 is 15.9 Å². The lowest BCUT2D eigenvalue weighted by atomic mass is 10.3. The Hall–Kier alpha value is -1.93. The Labute approximate surface area is 107 Å². The molecule has 0 aliphatic carbocycles. The zero-order chi connectivity index (χ0) is 12.3. The van der Waals surface area contributed by atoms with Gasteiger partial charge in [0.25, 0.3) is 0 Å². The zero-order valence-corrected chi connectivity index (χ0v) is 10.7. The average Bonchev–Trinajstić information content (AvgIpc) is 2.31. The molecule has 0 unspecified atom stereocenters. The van der Waals surface area contributed by atoms with E-state index in [1.54, 1.807) is 6.07 Å². The highest BCUT2D eigenvalue weighted by Gasteiger charge is 2.02. The lowest BCUT2D eigenvalue weighted by molar-refractivity contribution is 1.09. The predicted molar refractivity (Wildman–Crippen MR) is 68.9 cm³/mol. The Morgan fingerprint density at radius 1 is 1.24 bits per heavy atom. The van der Waals surface area contributed by atoms with Crippen LogP contribution in [0.4, 0.5) is 11.6 Å². The van der Waals surface area contributed by atoms with Crippen LogP contribution in [0.3, 0.4) is 0 Å². The number of nitriles is 1. The smallest absolute Gasteiger partial charge is 0.228 e. The monoisotopic (exact) mass is 288 g/mol. The van der Waals surface area contributed by atoms with Gasteiger partial charge in [0.05, 0.1) is 0 Å². The SMILES string of the molecule is Cc1cc(C#N)nc(Nc2ccc(Br)cc2)n1. The largest absolute Gasteiger partial charge is 0.324 e. The molecule has 17 heavy (non-hydrogen) atoms. The molecule has 1 heterocycles. The molecular formula is C12H9BrN4. The quantitative estimate of drug-likeness (QED) is 0.922. The highest BCUT2D eigenvalue weighted by Crippen LogP contribution is 2.17. The van der Waals surface area contributed by atoms with Crippen LogP contribution < -0.4 is 5.32 Å². The second-order valence-electron chi connectivity index (χ2n) is 3.46. The van der Waals surface area contributed by atoms with Crippen molar-refractivity contribution in [3.8, 4) is 6.07 Å². The third-order valence-electron chi connectivity index (χ3n) is 2.07. The molecule has 0 spiro atoms. The maximum absolute atomic E-state index is 8.81. The van der Waals surface area contributed by atoms with Gasteiger partial charge in [-0.05, 0) is 37.3 Å². The van der Waals surface area contributed by atoms with Crippen molar-refractivity contribution in [3.63, 3.8) is 0 Å². The molecule has 1 aromatic carbocycles. The molecule has 0 amide bonds. The van der Waals surface area contributed by atoms with Crippen molar-refractivity contribution >= 4 is 27.6 Å². The number of aryl methyl sites for hydroxylation is 1. The van der Waals surface area contributed by atoms with Gasteiger partial charge in [0.1, 0.15) is 11.8 Å². The first-order valence-corrected chi connectivity index (χ1v) is 5.75. The van der Waals surface area contributed by atoms with Crippen molar-refractivity contribution in [2.24, 2.45) is 0 Å². The molecule has 0 atom stereocenters. The summed E-state index contributed by atoms with van der Waals surface area (Å²) in [6, 6.07) is 11.3. The van der Waals surface area contributed by atoms with Gasteiger partial charge in [-0.25, -0.2) is 9.97 Å². The van der Waals surface area contributed by atoms with E-state index >= 15 is 0 Å². The van der Waals surface area contributed by atoms with Crippen LogP contribution in [0.25, 0.3) is 0 Å². The molecule has 0 aliphatic rings. The molecule has 5 heteroatoms. The minimum atomic E-state index is 0.358. The minimum Gasteiger partial charge on any atom is -0.324 e. The third-order valence-corrected chi connectivity index (χ3v) is 2.60. The maximum atomic E-state index is 8.81. The van der Waals surface area contributed by atoms with Gasteiger partial charge >= 0.3 is 0 Å². The highest BCUT2D eigenvalue weighted by atomic mass is 79.9. The van der Waals surface area contributed by atoms with E-state index < -0.39 is 0 Å². The molecule has 0 radical (unpaired) electrons. The second kappa shape index (κ2) is 4.93. The summed E-state index contributed by atoms with van der Waals surface area (Å²) < 4.78 is 1.01. The second-order valence-corrected chi connectivity index (χ2v) is 4.38. The van der Waals surface area contributed by atoms with Crippen molar-refractivity contribution in [3.05, 3.63) is 46.2 Å². The Morgan fingerprint density at radius 3 is 2.59 bits per heavy atom. The summed E-state index contributed by atoms with van der Waals surface area (Å²) in [6.07, 6.45) is 0. The van der Waals surface area contributed by atoms with Crippen LogP contribution in [0.2, 0.25) is 0 Å². The molecule has 0 aliphatic heterocycles. The maximum Gasteiger partial charge on any atom is 0.228 e. The number of aromatic nitrogens is 2. The zero-order valence-electron chi connectivity index (χ0n) is 9.11. The van der Waals surface area contributed by atoms with Crippen LogP contribution in [0, 0.1) is 18.3 Å². The van der Waals surface area contributed by atoms with Gasteiger partial charge in [0, 0.05) is 15.9 Å². The summed E-state index contributed by atoms with van der Waals surface area (Å²) in [7, 11) is 0. The molecule has 2 rings (SSSR count). The number of rotatable bonds is 2. The van der Waals surface area contributed by atoms with Crippen LogP contribution in [0.5, 0.6) is 0 Å². The van der Waals surface area contributed by atoms with Gasteiger partial charge in [-0.3, -0.25) is 0 Å². The van der Waals surface area contributed by atoms with Crippen molar-refractivity contribution in [2.45, 2.75) is 6.92 Å². The van der Waals surface area contributed by atoms with Gasteiger partial charge in [-0.2, -0.15) is 5.26 Å². The molecule has 4 nitrogen and oxygen atoms in total. The van der Waals surface area contributed by atoms with Gasteiger partial charge in [-0.1, -0.05) is 15.9 Å². The van der Waals surface area contributed by atoms with Crippen molar-refractivity contribution < 1.29 is 0 Å². The van der Waals surface area contributed by atoms with Crippen molar-refractivity contribution in [1.29, 1.82) is 5.26 Å². The lowest BCUT2D eigenvalue weighted by Gasteiger charge is -2.05. The first-order valence-electron chi connectivity index (χ1n) is 4.96. The summed E-state index contributed by atoms with van der Waals surface area (Å²) in [5.41, 5.74) is 2.00. The standard InChI is InChI=1S/C12H9BrN4/c1-8-6-11(7-14)17-12(15-8)16-10-4-2-9(13)3-5-10/h2-6H,1H3,(H,15,16,17). The summed E-state index contributed by atoms with van der Waals surface area (Å²) >= 11 is 3.36. The number of nitrogens with zero attached hydrogens (tertiary/aromatic N) is 3. The Bertz CT molecular complexity index is 572. The van der Waals surface area contributed by atoms with Crippen LogP contribution in [-0.4, -0.2) is 9.97 Å². The number of halogens is 1. The van der Waals surface area contributed by atoms with Gasteiger partial charge in [-0.15, -0.1) is 0 Å². The molecule has 1 aromatic heterocycles. The fourth-order valence-corrected chi connectivity index (χ4v) is 1.61. The Balaban J connectivity index is 2.27. The molecule has 1 N–H and O–H groups in total. The Morgan fingerprint density at radius 2 is 1.94 bits per heavy atom. The van der Waals surface area contributed by atoms with E-state index in [9.17, 15) is 0 Å². The van der Waals surface area contributed by atoms with Crippen LogP contribution in [0.1, 0.15) is 11.4 Å². The van der Waals surface area contributed by atoms with Crippen LogP contribution in [-0.2, 0) is 0 Å². The van der Waals surface area contributed by atoms with Crippen LogP contribution in [0.15, 0.2) is 34.8 Å². The first-order chi connectivity index (χ1) is 8.17. The van der Waals surface area contributed by atoms with Gasteiger partial charge < -0.3 is 5.32 Å². The Kier molecular flexibility index (Phi) is 3.35.